The van der Waals surface area contributed by atoms with E-state index in [2.05, 4.69) is 5.32 Å². The highest BCUT2D eigenvalue weighted by atomic mass is 16.5. The number of nitrogens with one attached hydrogen (secondary N) is 1. The molecule has 1 aliphatic carbocycles. The molecule has 0 radical (unpaired) electrons. The van der Waals surface area contributed by atoms with Crippen molar-refractivity contribution in [1.29, 1.82) is 0 Å². The van der Waals surface area contributed by atoms with Gasteiger partial charge in [0.25, 0.3) is 0 Å². The number of ether oxygens (including phenoxy) is 1. The molecule has 1 fully saturated rings. The van der Waals surface area contributed by atoms with E-state index in [1.807, 2.05) is 13.8 Å². The number of carbonyl (C=O) groups excluding carboxylic acids is 1. The van der Waals surface area contributed by atoms with Crippen LogP contribution >= 0.6 is 0 Å². The van der Waals surface area contributed by atoms with Gasteiger partial charge in [-0.05, 0) is 25.2 Å². The SMILES string of the molecule is CCC(C)[C@H](NC(=O)CC1(OC)CCC1)C(=O)O. The number of rotatable bonds is 7. The van der Waals surface area contributed by atoms with Crippen LogP contribution in [0.5, 0.6) is 0 Å². The van der Waals surface area contributed by atoms with Gasteiger partial charge in [-0.25, -0.2) is 4.79 Å². The summed E-state index contributed by atoms with van der Waals surface area (Å²) >= 11 is 0. The monoisotopic (exact) mass is 257 g/mol. The first kappa shape index (κ1) is 15.0. The fourth-order valence-corrected chi connectivity index (χ4v) is 2.22. The van der Waals surface area contributed by atoms with Gasteiger partial charge in [0.2, 0.25) is 5.91 Å². The lowest BCUT2D eigenvalue weighted by molar-refractivity contribution is -0.146. The second-order valence-corrected chi connectivity index (χ2v) is 5.19. The van der Waals surface area contributed by atoms with E-state index in [4.69, 9.17) is 9.84 Å². The third-order valence-corrected chi connectivity index (χ3v) is 3.98. The van der Waals surface area contributed by atoms with Crippen molar-refractivity contribution < 1.29 is 19.4 Å². The number of methoxy groups -OCH3 is 1. The maximum absolute atomic E-state index is 11.9. The van der Waals surface area contributed by atoms with Crippen molar-refractivity contribution in [1.82, 2.24) is 5.32 Å². The molecule has 0 aliphatic heterocycles. The van der Waals surface area contributed by atoms with Crippen LogP contribution in [0.25, 0.3) is 0 Å². The average Bonchev–Trinajstić information content (AvgIpc) is 2.29. The summed E-state index contributed by atoms with van der Waals surface area (Å²) in [5.41, 5.74) is -0.359. The van der Waals surface area contributed by atoms with Crippen molar-refractivity contribution in [2.24, 2.45) is 5.92 Å². The average molecular weight is 257 g/mol. The Kier molecular flexibility index (Phi) is 5.14. The Labute approximate surface area is 108 Å². The van der Waals surface area contributed by atoms with Crippen LogP contribution < -0.4 is 5.32 Å². The zero-order valence-corrected chi connectivity index (χ0v) is 11.4. The summed E-state index contributed by atoms with van der Waals surface area (Å²) in [4.78, 5) is 23.0. The fraction of sp³-hybridized carbons (Fsp3) is 0.846. The summed E-state index contributed by atoms with van der Waals surface area (Å²) in [7, 11) is 1.61. The maximum Gasteiger partial charge on any atom is 0.326 e. The smallest absolute Gasteiger partial charge is 0.326 e. The first-order chi connectivity index (χ1) is 8.44. The standard InChI is InChI=1S/C13H23NO4/c1-4-9(2)11(12(16)17)14-10(15)8-13(18-3)6-5-7-13/h9,11H,4-8H2,1-3H3,(H,14,15)(H,16,17)/t9?,11-/m0/s1. The Balaban J connectivity index is 2.53. The van der Waals surface area contributed by atoms with Gasteiger partial charge in [-0.1, -0.05) is 20.3 Å². The lowest BCUT2D eigenvalue weighted by Crippen LogP contribution is -2.49. The van der Waals surface area contributed by atoms with Gasteiger partial charge in [0.05, 0.1) is 12.0 Å². The van der Waals surface area contributed by atoms with Gasteiger partial charge in [-0.2, -0.15) is 0 Å². The van der Waals surface area contributed by atoms with Gasteiger partial charge >= 0.3 is 5.97 Å². The van der Waals surface area contributed by atoms with Crippen LogP contribution in [0.4, 0.5) is 0 Å². The molecule has 0 aromatic carbocycles. The van der Waals surface area contributed by atoms with E-state index < -0.39 is 12.0 Å². The van der Waals surface area contributed by atoms with Crippen molar-refractivity contribution in [2.75, 3.05) is 7.11 Å². The molecule has 0 aromatic rings. The highest BCUT2D eigenvalue weighted by molar-refractivity contribution is 5.84. The Morgan fingerprint density at radius 2 is 2.06 bits per heavy atom. The van der Waals surface area contributed by atoms with Crippen LogP contribution in [0.2, 0.25) is 0 Å². The molecule has 5 nitrogen and oxygen atoms in total. The molecule has 0 bridgehead atoms. The van der Waals surface area contributed by atoms with E-state index in [1.165, 1.54) is 0 Å². The molecule has 104 valence electrons. The van der Waals surface area contributed by atoms with Gasteiger partial charge in [0.15, 0.2) is 0 Å². The van der Waals surface area contributed by atoms with Crippen LogP contribution in [-0.4, -0.2) is 35.7 Å². The summed E-state index contributed by atoms with van der Waals surface area (Å²) in [6.07, 6.45) is 3.78. The van der Waals surface area contributed by atoms with Crippen LogP contribution in [0, 0.1) is 5.92 Å². The third-order valence-electron chi connectivity index (χ3n) is 3.98. The summed E-state index contributed by atoms with van der Waals surface area (Å²) in [6.45, 7) is 3.74. The Morgan fingerprint density at radius 1 is 1.44 bits per heavy atom. The minimum absolute atomic E-state index is 0.0775. The topological polar surface area (TPSA) is 75.6 Å². The molecule has 2 atom stereocenters. The number of carbonyl (C=O) groups is 2. The van der Waals surface area contributed by atoms with E-state index in [0.29, 0.717) is 6.42 Å². The Morgan fingerprint density at radius 3 is 2.39 bits per heavy atom. The Bertz CT molecular complexity index is 307. The molecule has 0 saturated heterocycles. The van der Waals surface area contributed by atoms with E-state index in [0.717, 1.165) is 19.3 Å². The van der Waals surface area contributed by atoms with E-state index in [-0.39, 0.29) is 23.8 Å². The summed E-state index contributed by atoms with van der Waals surface area (Å²) in [6, 6.07) is -0.809. The molecule has 1 unspecified atom stereocenters. The van der Waals surface area contributed by atoms with E-state index >= 15 is 0 Å². The first-order valence-corrected chi connectivity index (χ1v) is 6.51. The van der Waals surface area contributed by atoms with Crippen molar-refractivity contribution in [3.05, 3.63) is 0 Å². The predicted octanol–water partition coefficient (Wildman–Crippen LogP) is 1.56. The molecule has 1 amide bonds. The minimum atomic E-state index is -0.974. The zero-order chi connectivity index (χ0) is 13.8. The number of hydrogen-bond donors (Lipinski definition) is 2. The fourth-order valence-electron chi connectivity index (χ4n) is 2.22. The minimum Gasteiger partial charge on any atom is -0.480 e. The molecule has 0 aromatic heterocycles. The van der Waals surface area contributed by atoms with Gasteiger partial charge in [0.1, 0.15) is 6.04 Å². The van der Waals surface area contributed by atoms with Gasteiger partial charge in [-0.15, -0.1) is 0 Å². The number of hydrogen-bond acceptors (Lipinski definition) is 3. The highest BCUT2D eigenvalue weighted by Crippen LogP contribution is 2.37. The number of amides is 1. The molecule has 1 rings (SSSR count). The van der Waals surface area contributed by atoms with Crippen LogP contribution in [0.15, 0.2) is 0 Å². The van der Waals surface area contributed by atoms with Crippen molar-refractivity contribution in [3.63, 3.8) is 0 Å². The molecule has 1 saturated carbocycles. The maximum atomic E-state index is 11.9. The third kappa shape index (κ3) is 3.45. The molecule has 18 heavy (non-hydrogen) atoms. The highest BCUT2D eigenvalue weighted by Gasteiger charge is 2.39. The van der Waals surface area contributed by atoms with Crippen LogP contribution in [0.1, 0.15) is 46.0 Å². The lowest BCUT2D eigenvalue weighted by Gasteiger charge is -2.40. The number of aliphatic carboxylic acids is 1. The second-order valence-electron chi connectivity index (χ2n) is 5.19. The zero-order valence-electron chi connectivity index (χ0n) is 11.4. The largest absolute Gasteiger partial charge is 0.480 e. The molecule has 2 N–H and O–H groups in total. The number of carboxylic acid groups (broad SMARTS) is 1. The normalized spacial score (nSPS) is 20.6. The molecular formula is C13H23NO4. The molecule has 5 heteroatoms. The summed E-state index contributed by atoms with van der Waals surface area (Å²) < 4.78 is 5.37. The van der Waals surface area contributed by atoms with Crippen molar-refractivity contribution >= 4 is 11.9 Å². The van der Waals surface area contributed by atoms with E-state index in [9.17, 15) is 9.59 Å². The second kappa shape index (κ2) is 6.18. The number of carboxylic acids is 1. The molecular weight excluding hydrogens is 234 g/mol. The van der Waals surface area contributed by atoms with E-state index in [1.54, 1.807) is 7.11 Å². The molecule has 0 spiro atoms. The first-order valence-electron chi connectivity index (χ1n) is 6.51. The van der Waals surface area contributed by atoms with Gasteiger partial charge in [0, 0.05) is 7.11 Å². The van der Waals surface area contributed by atoms with Crippen LogP contribution in [0.3, 0.4) is 0 Å². The van der Waals surface area contributed by atoms with Crippen molar-refractivity contribution in [2.45, 2.75) is 57.6 Å². The predicted molar refractivity (Wildman–Crippen MR) is 67.2 cm³/mol. The Hall–Kier alpha value is -1.10. The lowest BCUT2D eigenvalue weighted by atomic mass is 9.77. The van der Waals surface area contributed by atoms with Crippen LogP contribution in [-0.2, 0) is 14.3 Å². The summed E-state index contributed by atoms with van der Waals surface area (Å²) in [5.74, 6) is -1.28. The quantitative estimate of drug-likeness (QED) is 0.725. The van der Waals surface area contributed by atoms with Gasteiger partial charge < -0.3 is 15.2 Å². The molecule has 1 aliphatic rings. The van der Waals surface area contributed by atoms with Crippen molar-refractivity contribution in [3.8, 4) is 0 Å². The summed E-state index contributed by atoms with van der Waals surface area (Å²) in [5, 5.41) is 11.7. The molecule has 0 heterocycles. The van der Waals surface area contributed by atoms with Gasteiger partial charge in [-0.3, -0.25) is 4.79 Å².